The van der Waals surface area contributed by atoms with Crippen LogP contribution in [0.5, 0.6) is 5.75 Å². The third kappa shape index (κ3) is 4.51. The summed E-state index contributed by atoms with van der Waals surface area (Å²) in [7, 11) is 2.05. The Bertz CT molecular complexity index is 421. The molecule has 108 valence electrons. The van der Waals surface area contributed by atoms with Crippen LogP contribution in [0.15, 0.2) is 12.1 Å². The molecule has 0 amide bonds. The van der Waals surface area contributed by atoms with Crippen LogP contribution in [0.2, 0.25) is 0 Å². The first kappa shape index (κ1) is 16.0. The lowest BCUT2D eigenvalue weighted by atomic mass is 9.84. The molecule has 0 spiro atoms. The number of aryl methyl sites for hydroxylation is 1. The number of phenols is 1. The van der Waals surface area contributed by atoms with Crippen molar-refractivity contribution in [3.8, 4) is 5.75 Å². The SMILES string of the molecule is Cc1cc(CN(C)CCCO)cc(C(C)(C)C)c1O. The molecular formula is C16H27NO2. The topological polar surface area (TPSA) is 43.7 Å². The van der Waals surface area contributed by atoms with Gasteiger partial charge in [0.2, 0.25) is 0 Å². The number of aliphatic hydroxyl groups is 1. The summed E-state index contributed by atoms with van der Waals surface area (Å²) in [6, 6.07) is 4.14. The average Bonchev–Trinajstić information content (AvgIpc) is 2.29. The molecule has 0 saturated carbocycles. The van der Waals surface area contributed by atoms with Gasteiger partial charge in [-0.3, -0.25) is 0 Å². The average molecular weight is 265 g/mol. The van der Waals surface area contributed by atoms with E-state index in [0.29, 0.717) is 5.75 Å². The molecule has 0 aliphatic rings. The van der Waals surface area contributed by atoms with Crippen LogP contribution in [0.1, 0.15) is 43.9 Å². The summed E-state index contributed by atoms with van der Waals surface area (Å²) in [4.78, 5) is 2.19. The minimum atomic E-state index is -0.0610. The Kier molecular flexibility index (Phi) is 5.39. The number of benzene rings is 1. The zero-order valence-corrected chi connectivity index (χ0v) is 12.8. The Balaban J connectivity index is 2.94. The third-order valence-corrected chi connectivity index (χ3v) is 3.32. The predicted molar refractivity (Wildman–Crippen MR) is 79.6 cm³/mol. The molecule has 0 bridgehead atoms. The van der Waals surface area contributed by atoms with Crippen LogP contribution in [0.3, 0.4) is 0 Å². The monoisotopic (exact) mass is 265 g/mol. The Labute approximate surface area is 116 Å². The fourth-order valence-corrected chi connectivity index (χ4v) is 2.25. The highest BCUT2D eigenvalue weighted by molar-refractivity contribution is 5.46. The highest BCUT2D eigenvalue weighted by Gasteiger charge is 2.20. The number of aromatic hydroxyl groups is 1. The number of hydrogen-bond donors (Lipinski definition) is 2. The summed E-state index contributed by atoms with van der Waals surface area (Å²) in [5.74, 6) is 0.411. The summed E-state index contributed by atoms with van der Waals surface area (Å²) in [5, 5.41) is 19.0. The van der Waals surface area contributed by atoms with Crippen LogP contribution in [0.25, 0.3) is 0 Å². The second kappa shape index (κ2) is 6.40. The molecule has 2 N–H and O–H groups in total. The van der Waals surface area contributed by atoms with Gasteiger partial charge >= 0.3 is 0 Å². The molecule has 19 heavy (non-hydrogen) atoms. The maximum Gasteiger partial charge on any atom is 0.122 e. The smallest absolute Gasteiger partial charge is 0.122 e. The van der Waals surface area contributed by atoms with E-state index in [-0.39, 0.29) is 12.0 Å². The van der Waals surface area contributed by atoms with Crippen LogP contribution in [0, 0.1) is 6.92 Å². The molecule has 0 aliphatic carbocycles. The zero-order chi connectivity index (χ0) is 14.6. The minimum absolute atomic E-state index is 0.0610. The highest BCUT2D eigenvalue weighted by Crippen LogP contribution is 2.34. The Morgan fingerprint density at radius 2 is 1.84 bits per heavy atom. The summed E-state index contributed by atoms with van der Waals surface area (Å²) in [6.07, 6.45) is 0.791. The maximum atomic E-state index is 10.2. The lowest BCUT2D eigenvalue weighted by Gasteiger charge is -2.24. The Morgan fingerprint density at radius 1 is 1.21 bits per heavy atom. The van der Waals surface area contributed by atoms with Crippen molar-refractivity contribution in [2.75, 3.05) is 20.2 Å². The van der Waals surface area contributed by atoms with Crippen LogP contribution in [-0.4, -0.2) is 35.3 Å². The standard InChI is InChI=1S/C16H27NO2/c1-12-9-13(11-17(5)7-6-8-18)10-14(15(12)19)16(2,3)4/h9-10,18-19H,6-8,11H2,1-5H3. The number of rotatable bonds is 5. The Hall–Kier alpha value is -1.06. The van der Waals surface area contributed by atoms with Gasteiger partial charge in [-0.1, -0.05) is 32.9 Å². The van der Waals surface area contributed by atoms with Gasteiger partial charge in [0, 0.05) is 19.7 Å². The molecule has 0 radical (unpaired) electrons. The molecule has 0 saturated heterocycles. The van der Waals surface area contributed by atoms with Crippen molar-refractivity contribution in [1.29, 1.82) is 0 Å². The molecule has 0 unspecified atom stereocenters. The van der Waals surface area contributed by atoms with Gasteiger partial charge in [0.15, 0.2) is 0 Å². The van der Waals surface area contributed by atoms with Gasteiger partial charge in [-0.2, -0.15) is 0 Å². The van der Waals surface area contributed by atoms with Crippen molar-refractivity contribution >= 4 is 0 Å². The van der Waals surface area contributed by atoms with E-state index in [2.05, 4.69) is 38.8 Å². The van der Waals surface area contributed by atoms with E-state index in [0.717, 1.165) is 30.6 Å². The predicted octanol–water partition coefficient (Wildman–Crippen LogP) is 2.81. The summed E-state index contributed by atoms with van der Waals surface area (Å²) in [5.41, 5.74) is 3.07. The van der Waals surface area contributed by atoms with E-state index < -0.39 is 0 Å². The number of phenolic OH excluding ortho intramolecular Hbond substituents is 1. The quantitative estimate of drug-likeness (QED) is 0.860. The van der Waals surface area contributed by atoms with Gasteiger partial charge in [-0.25, -0.2) is 0 Å². The van der Waals surface area contributed by atoms with E-state index in [1.54, 1.807) is 0 Å². The molecule has 3 nitrogen and oxygen atoms in total. The van der Waals surface area contributed by atoms with E-state index in [9.17, 15) is 5.11 Å². The first-order valence-corrected chi connectivity index (χ1v) is 6.88. The van der Waals surface area contributed by atoms with Crippen LogP contribution in [0.4, 0.5) is 0 Å². The lowest BCUT2D eigenvalue weighted by molar-refractivity contribution is 0.244. The largest absolute Gasteiger partial charge is 0.507 e. The number of nitrogens with zero attached hydrogens (tertiary/aromatic N) is 1. The highest BCUT2D eigenvalue weighted by atomic mass is 16.3. The van der Waals surface area contributed by atoms with Crippen molar-refractivity contribution in [3.63, 3.8) is 0 Å². The molecule has 1 rings (SSSR count). The summed E-state index contributed by atoms with van der Waals surface area (Å²) < 4.78 is 0. The Morgan fingerprint density at radius 3 is 2.37 bits per heavy atom. The normalized spacial score (nSPS) is 12.2. The molecule has 0 heterocycles. The number of aliphatic hydroxyl groups excluding tert-OH is 1. The van der Waals surface area contributed by atoms with Gasteiger partial charge in [0.05, 0.1) is 0 Å². The van der Waals surface area contributed by atoms with Crippen molar-refractivity contribution in [2.45, 2.75) is 46.1 Å². The molecule has 0 fully saturated rings. The van der Waals surface area contributed by atoms with Gasteiger partial charge in [0.25, 0.3) is 0 Å². The molecule has 1 aromatic rings. The first-order valence-electron chi connectivity index (χ1n) is 6.88. The van der Waals surface area contributed by atoms with Gasteiger partial charge in [-0.15, -0.1) is 0 Å². The van der Waals surface area contributed by atoms with E-state index in [1.165, 1.54) is 5.56 Å². The fraction of sp³-hybridized carbons (Fsp3) is 0.625. The molecule has 0 aromatic heterocycles. The van der Waals surface area contributed by atoms with Crippen molar-refractivity contribution < 1.29 is 10.2 Å². The van der Waals surface area contributed by atoms with E-state index >= 15 is 0 Å². The van der Waals surface area contributed by atoms with Crippen LogP contribution < -0.4 is 0 Å². The van der Waals surface area contributed by atoms with Crippen LogP contribution in [-0.2, 0) is 12.0 Å². The molecule has 0 atom stereocenters. The van der Waals surface area contributed by atoms with Gasteiger partial charge in [0.1, 0.15) is 5.75 Å². The molecule has 3 heteroatoms. The van der Waals surface area contributed by atoms with Crippen molar-refractivity contribution in [3.05, 3.63) is 28.8 Å². The van der Waals surface area contributed by atoms with Crippen molar-refractivity contribution in [2.24, 2.45) is 0 Å². The fourth-order valence-electron chi connectivity index (χ4n) is 2.25. The summed E-state index contributed by atoms with van der Waals surface area (Å²) in [6.45, 7) is 10.2. The van der Waals surface area contributed by atoms with Crippen LogP contribution >= 0.6 is 0 Å². The molecule has 1 aromatic carbocycles. The second-order valence-corrected chi connectivity index (χ2v) is 6.37. The zero-order valence-electron chi connectivity index (χ0n) is 12.8. The summed E-state index contributed by atoms with van der Waals surface area (Å²) >= 11 is 0. The molecule has 0 aliphatic heterocycles. The third-order valence-electron chi connectivity index (χ3n) is 3.32. The maximum absolute atomic E-state index is 10.2. The minimum Gasteiger partial charge on any atom is -0.507 e. The van der Waals surface area contributed by atoms with Gasteiger partial charge < -0.3 is 15.1 Å². The number of hydrogen-bond acceptors (Lipinski definition) is 3. The van der Waals surface area contributed by atoms with Gasteiger partial charge in [-0.05, 0) is 42.5 Å². The first-order chi connectivity index (χ1) is 8.75. The second-order valence-electron chi connectivity index (χ2n) is 6.37. The van der Waals surface area contributed by atoms with Crippen molar-refractivity contribution in [1.82, 2.24) is 4.90 Å². The van der Waals surface area contributed by atoms with E-state index in [4.69, 9.17) is 5.11 Å². The lowest BCUT2D eigenvalue weighted by Crippen LogP contribution is -2.21. The van der Waals surface area contributed by atoms with E-state index in [1.807, 2.05) is 13.0 Å². The molecular weight excluding hydrogens is 238 g/mol.